The molecule has 0 aliphatic heterocycles. The van der Waals surface area contributed by atoms with Gasteiger partial charge in [0.1, 0.15) is 5.82 Å². The molecule has 0 fully saturated rings. The van der Waals surface area contributed by atoms with Crippen LogP contribution >= 0.6 is 0 Å². The highest BCUT2D eigenvalue weighted by molar-refractivity contribution is 5.67. The number of benzene rings is 2. The topological polar surface area (TPSA) is 49.8 Å². The van der Waals surface area contributed by atoms with E-state index in [0.29, 0.717) is 5.95 Å². The molecular formula is C21H24N4. The SMILES string of the molecule is Cc1cccc(Nc2cc(-c3ccccc3)nc(NC(C)(C)C)n2)c1. The van der Waals surface area contributed by atoms with E-state index in [-0.39, 0.29) is 5.54 Å². The normalized spacial score (nSPS) is 11.2. The van der Waals surface area contributed by atoms with Gasteiger partial charge in [0.2, 0.25) is 5.95 Å². The van der Waals surface area contributed by atoms with Crippen molar-refractivity contribution in [2.24, 2.45) is 0 Å². The molecule has 0 bridgehead atoms. The lowest BCUT2D eigenvalue weighted by atomic mass is 10.1. The third-order valence-electron chi connectivity index (χ3n) is 3.57. The minimum absolute atomic E-state index is 0.115. The minimum Gasteiger partial charge on any atom is -0.350 e. The average Bonchev–Trinajstić information content (AvgIpc) is 2.54. The van der Waals surface area contributed by atoms with Crippen LogP contribution in [0.15, 0.2) is 60.7 Å². The summed E-state index contributed by atoms with van der Waals surface area (Å²) in [5, 5.41) is 6.76. The van der Waals surface area contributed by atoms with E-state index in [1.54, 1.807) is 0 Å². The Labute approximate surface area is 149 Å². The molecule has 1 aromatic heterocycles. The molecule has 1 heterocycles. The highest BCUT2D eigenvalue weighted by Crippen LogP contribution is 2.25. The summed E-state index contributed by atoms with van der Waals surface area (Å²) in [7, 11) is 0. The van der Waals surface area contributed by atoms with Crippen LogP contribution in [0, 0.1) is 6.92 Å². The molecule has 3 aromatic rings. The van der Waals surface area contributed by atoms with Gasteiger partial charge in [0.25, 0.3) is 0 Å². The van der Waals surface area contributed by atoms with E-state index in [0.717, 1.165) is 22.8 Å². The summed E-state index contributed by atoms with van der Waals surface area (Å²) in [6.07, 6.45) is 0. The molecule has 0 aliphatic carbocycles. The standard InChI is InChI=1S/C21H24N4/c1-15-9-8-12-17(13-15)22-19-14-18(16-10-6-5-7-11-16)23-20(24-19)25-21(2,3)4/h5-14H,1-4H3,(H2,22,23,24,25). The molecule has 0 saturated heterocycles. The molecule has 4 nitrogen and oxygen atoms in total. The van der Waals surface area contributed by atoms with Crippen LogP contribution in [0.2, 0.25) is 0 Å². The number of nitrogens with one attached hydrogen (secondary N) is 2. The van der Waals surface area contributed by atoms with E-state index in [9.17, 15) is 0 Å². The molecule has 0 unspecified atom stereocenters. The summed E-state index contributed by atoms with van der Waals surface area (Å²) in [6.45, 7) is 8.37. The lowest BCUT2D eigenvalue weighted by molar-refractivity contribution is 0.626. The largest absolute Gasteiger partial charge is 0.350 e. The van der Waals surface area contributed by atoms with Gasteiger partial charge in [-0.25, -0.2) is 4.98 Å². The summed E-state index contributed by atoms with van der Waals surface area (Å²) >= 11 is 0. The van der Waals surface area contributed by atoms with Crippen LogP contribution in [0.4, 0.5) is 17.5 Å². The maximum atomic E-state index is 4.69. The van der Waals surface area contributed by atoms with Gasteiger partial charge in [0, 0.05) is 22.9 Å². The Morgan fingerprint density at radius 3 is 2.28 bits per heavy atom. The van der Waals surface area contributed by atoms with E-state index < -0.39 is 0 Å². The summed E-state index contributed by atoms with van der Waals surface area (Å²) in [4.78, 5) is 9.32. The molecule has 0 aliphatic rings. The van der Waals surface area contributed by atoms with Crippen molar-refractivity contribution >= 4 is 17.5 Å². The molecule has 2 N–H and O–H groups in total. The van der Waals surface area contributed by atoms with Crippen LogP contribution in [0.3, 0.4) is 0 Å². The maximum absolute atomic E-state index is 4.69. The Hall–Kier alpha value is -2.88. The Kier molecular flexibility index (Phi) is 4.70. The van der Waals surface area contributed by atoms with Gasteiger partial charge in [-0.3, -0.25) is 0 Å². The van der Waals surface area contributed by atoms with Crippen molar-refractivity contribution in [2.45, 2.75) is 33.2 Å². The van der Waals surface area contributed by atoms with Crippen molar-refractivity contribution in [1.82, 2.24) is 9.97 Å². The molecule has 4 heteroatoms. The zero-order chi connectivity index (χ0) is 17.9. The van der Waals surface area contributed by atoms with Crippen LogP contribution < -0.4 is 10.6 Å². The van der Waals surface area contributed by atoms with Crippen LogP contribution in [-0.4, -0.2) is 15.5 Å². The number of rotatable bonds is 4. The predicted molar refractivity (Wildman–Crippen MR) is 105 cm³/mol. The summed E-state index contributed by atoms with van der Waals surface area (Å²) in [5.41, 5.74) is 4.05. The molecule has 0 saturated carbocycles. The average molecular weight is 332 g/mol. The lowest BCUT2D eigenvalue weighted by Crippen LogP contribution is -2.27. The Morgan fingerprint density at radius 1 is 0.840 bits per heavy atom. The first-order valence-corrected chi connectivity index (χ1v) is 8.45. The number of hydrogen-bond acceptors (Lipinski definition) is 4. The molecule has 0 atom stereocenters. The van der Waals surface area contributed by atoms with E-state index in [1.165, 1.54) is 5.56 Å². The van der Waals surface area contributed by atoms with Gasteiger partial charge < -0.3 is 10.6 Å². The first-order valence-electron chi connectivity index (χ1n) is 8.45. The molecule has 0 radical (unpaired) electrons. The highest BCUT2D eigenvalue weighted by Gasteiger charge is 2.14. The zero-order valence-electron chi connectivity index (χ0n) is 15.2. The molecular weight excluding hydrogens is 308 g/mol. The molecule has 3 rings (SSSR count). The van der Waals surface area contributed by atoms with E-state index in [2.05, 4.69) is 72.6 Å². The number of aryl methyl sites for hydroxylation is 1. The highest BCUT2D eigenvalue weighted by atomic mass is 15.2. The fourth-order valence-corrected chi connectivity index (χ4v) is 2.53. The molecule has 0 spiro atoms. The number of aromatic nitrogens is 2. The van der Waals surface area contributed by atoms with E-state index in [1.807, 2.05) is 36.4 Å². The Morgan fingerprint density at radius 2 is 1.60 bits per heavy atom. The molecule has 25 heavy (non-hydrogen) atoms. The van der Waals surface area contributed by atoms with Crippen molar-refractivity contribution < 1.29 is 0 Å². The number of nitrogens with zero attached hydrogens (tertiary/aromatic N) is 2. The first kappa shape index (κ1) is 17.0. The van der Waals surface area contributed by atoms with Crippen LogP contribution in [0.25, 0.3) is 11.3 Å². The fourth-order valence-electron chi connectivity index (χ4n) is 2.53. The Balaban J connectivity index is 2.00. The van der Waals surface area contributed by atoms with Crippen LogP contribution in [-0.2, 0) is 0 Å². The third kappa shape index (κ3) is 4.80. The van der Waals surface area contributed by atoms with Crippen molar-refractivity contribution in [3.05, 3.63) is 66.2 Å². The van der Waals surface area contributed by atoms with Gasteiger partial charge in [0.05, 0.1) is 5.69 Å². The van der Waals surface area contributed by atoms with E-state index in [4.69, 9.17) is 0 Å². The second kappa shape index (κ2) is 6.93. The Bertz CT molecular complexity index is 851. The quantitative estimate of drug-likeness (QED) is 0.671. The fraction of sp³-hybridized carbons (Fsp3) is 0.238. The molecule has 128 valence electrons. The van der Waals surface area contributed by atoms with Crippen molar-refractivity contribution in [1.29, 1.82) is 0 Å². The van der Waals surface area contributed by atoms with Gasteiger partial charge in [-0.2, -0.15) is 4.98 Å². The molecule has 2 aromatic carbocycles. The summed E-state index contributed by atoms with van der Waals surface area (Å²) in [5.74, 6) is 1.38. The maximum Gasteiger partial charge on any atom is 0.225 e. The van der Waals surface area contributed by atoms with Gasteiger partial charge in [-0.05, 0) is 45.4 Å². The lowest BCUT2D eigenvalue weighted by Gasteiger charge is -2.21. The van der Waals surface area contributed by atoms with E-state index >= 15 is 0 Å². The van der Waals surface area contributed by atoms with Gasteiger partial charge in [0.15, 0.2) is 0 Å². The zero-order valence-corrected chi connectivity index (χ0v) is 15.2. The van der Waals surface area contributed by atoms with Gasteiger partial charge in [-0.1, -0.05) is 42.5 Å². The van der Waals surface area contributed by atoms with Crippen molar-refractivity contribution in [3.63, 3.8) is 0 Å². The number of anilines is 3. The van der Waals surface area contributed by atoms with Crippen molar-refractivity contribution in [3.8, 4) is 11.3 Å². The second-order valence-electron chi connectivity index (χ2n) is 7.20. The molecule has 0 amide bonds. The monoisotopic (exact) mass is 332 g/mol. The smallest absolute Gasteiger partial charge is 0.225 e. The van der Waals surface area contributed by atoms with Crippen LogP contribution in [0.5, 0.6) is 0 Å². The minimum atomic E-state index is -0.115. The predicted octanol–water partition coefficient (Wildman–Crippen LogP) is 5.41. The second-order valence-corrected chi connectivity index (χ2v) is 7.20. The summed E-state index contributed by atoms with van der Waals surface area (Å²) < 4.78 is 0. The first-order chi connectivity index (χ1) is 11.9. The van der Waals surface area contributed by atoms with Crippen molar-refractivity contribution in [2.75, 3.05) is 10.6 Å². The third-order valence-corrected chi connectivity index (χ3v) is 3.57. The van der Waals surface area contributed by atoms with Gasteiger partial charge in [-0.15, -0.1) is 0 Å². The number of hydrogen-bond donors (Lipinski definition) is 2. The van der Waals surface area contributed by atoms with Gasteiger partial charge >= 0.3 is 0 Å². The van der Waals surface area contributed by atoms with Crippen LogP contribution in [0.1, 0.15) is 26.3 Å². The summed E-state index contributed by atoms with van der Waals surface area (Å²) in [6, 6.07) is 20.4.